The summed E-state index contributed by atoms with van der Waals surface area (Å²) in [7, 11) is 0. The van der Waals surface area contributed by atoms with Gasteiger partial charge in [0.25, 0.3) is 0 Å². The van der Waals surface area contributed by atoms with Gasteiger partial charge in [0.15, 0.2) is 0 Å². The Balaban J connectivity index is 2.11. The minimum absolute atomic E-state index is 0.0475. The van der Waals surface area contributed by atoms with Gasteiger partial charge in [-0.2, -0.15) is 0 Å². The number of halogens is 2. The van der Waals surface area contributed by atoms with Gasteiger partial charge in [0.1, 0.15) is 11.6 Å². The molecule has 0 saturated heterocycles. The van der Waals surface area contributed by atoms with Crippen LogP contribution in [-0.4, -0.2) is 16.7 Å². The van der Waals surface area contributed by atoms with Crippen LogP contribution in [0.5, 0.6) is 0 Å². The number of hydrogen-bond acceptors (Lipinski definition) is 4. The third-order valence-corrected chi connectivity index (χ3v) is 2.49. The van der Waals surface area contributed by atoms with E-state index in [4.69, 9.17) is 10.2 Å². The molecule has 6 heteroatoms. The van der Waals surface area contributed by atoms with Crippen LogP contribution in [0.1, 0.15) is 23.8 Å². The Morgan fingerprint density at radius 1 is 1.11 bits per heavy atom. The van der Waals surface area contributed by atoms with Gasteiger partial charge in [-0.15, -0.1) is 10.2 Å². The molecule has 1 heterocycles. The van der Waals surface area contributed by atoms with Gasteiger partial charge in [0, 0.05) is 12.0 Å². The molecule has 1 aromatic carbocycles. The van der Waals surface area contributed by atoms with Crippen LogP contribution >= 0.6 is 0 Å². The molecule has 0 atom stereocenters. The van der Waals surface area contributed by atoms with Crippen molar-refractivity contribution < 1.29 is 13.2 Å². The Bertz CT molecular complexity index is 508. The Morgan fingerprint density at radius 3 is 2.44 bits per heavy atom. The van der Waals surface area contributed by atoms with Crippen LogP contribution in [0.25, 0.3) is 0 Å². The molecule has 0 spiro atoms. The average Bonchev–Trinajstić information content (AvgIpc) is 2.79. The predicted octanol–water partition coefficient (Wildman–Crippen LogP) is 1.83. The lowest BCUT2D eigenvalue weighted by molar-refractivity contribution is 0.446. The second-order valence-corrected chi connectivity index (χ2v) is 3.86. The molecule has 0 radical (unpaired) electrons. The SMILES string of the molecule is NCCCc1nnc(Cc2c(F)cccc2F)o1. The van der Waals surface area contributed by atoms with E-state index in [0.717, 1.165) is 6.42 Å². The minimum atomic E-state index is -0.614. The first-order chi connectivity index (χ1) is 8.70. The lowest BCUT2D eigenvalue weighted by atomic mass is 10.1. The molecule has 4 nitrogen and oxygen atoms in total. The third kappa shape index (κ3) is 2.89. The van der Waals surface area contributed by atoms with Crippen molar-refractivity contribution in [3.05, 3.63) is 47.2 Å². The van der Waals surface area contributed by atoms with Crippen molar-refractivity contribution in [3.8, 4) is 0 Å². The van der Waals surface area contributed by atoms with Gasteiger partial charge in [-0.25, -0.2) is 8.78 Å². The van der Waals surface area contributed by atoms with Gasteiger partial charge in [0.2, 0.25) is 11.8 Å². The fourth-order valence-electron chi connectivity index (χ4n) is 1.57. The van der Waals surface area contributed by atoms with E-state index in [1.807, 2.05) is 0 Å². The van der Waals surface area contributed by atoms with E-state index in [9.17, 15) is 8.78 Å². The van der Waals surface area contributed by atoms with Gasteiger partial charge in [-0.3, -0.25) is 0 Å². The van der Waals surface area contributed by atoms with Crippen molar-refractivity contribution in [1.29, 1.82) is 0 Å². The van der Waals surface area contributed by atoms with E-state index >= 15 is 0 Å². The normalized spacial score (nSPS) is 10.8. The first-order valence-corrected chi connectivity index (χ1v) is 5.65. The summed E-state index contributed by atoms with van der Waals surface area (Å²) < 4.78 is 32.1. The summed E-state index contributed by atoms with van der Waals surface area (Å²) >= 11 is 0. The molecule has 0 amide bonds. The maximum Gasteiger partial charge on any atom is 0.221 e. The van der Waals surface area contributed by atoms with Crippen LogP contribution < -0.4 is 5.73 Å². The summed E-state index contributed by atoms with van der Waals surface area (Å²) in [5.41, 5.74) is 5.29. The number of hydrogen-bond donors (Lipinski definition) is 1. The molecule has 0 saturated carbocycles. The molecule has 1 aromatic heterocycles. The molecule has 2 N–H and O–H groups in total. The van der Waals surface area contributed by atoms with Crippen molar-refractivity contribution in [2.75, 3.05) is 6.54 Å². The number of aryl methyl sites for hydroxylation is 1. The molecule has 2 aromatic rings. The number of rotatable bonds is 5. The lowest BCUT2D eigenvalue weighted by Gasteiger charge is -2.00. The average molecular weight is 253 g/mol. The van der Waals surface area contributed by atoms with Crippen molar-refractivity contribution in [2.24, 2.45) is 5.73 Å². The molecule has 0 aliphatic heterocycles. The van der Waals surface area contributed by atoms with Gasteiger partial charge in [-0.05, 0) is 25.1 Å². The van der Waals surface area contributed by atoms with Crippen LogP contribution in [0.4, 0.5) is 8.78 Å². The van der Waals surface area contributed by atoms with E-state index in [1.54, 1.807) is 0 Å². The van der Waals surface area contributed by atoms with Gasteiger partial charge < -0.3 is 10.2 Å². The molecule has 2 rings (SSSR count). The Labute approximate surface area is 103 Å². The predicted molar refractivity (Wildman–Crippen MR) is 60.8 cm³/mol. The second kappa shape index (κ2) is 5.68. The summed E-state index contributed by atoms with van der Waals surface area (Å²) in [5.74, 6) is -0.591. The number of benzene rings is 1. The Hall–Kier alpha value is -1.82. The van der Waals surface area contributed by atoms with Crippen LogP contribution in [0.15, 0.2) is 22.6 Å². The van der Waals surface area contributed by atoms with Crippen LogP contribution in [-0.2, 0) is 12.8 Å². The molecule has 0 unspecified atom stereocenters. The third-order valence-electron chi connectivity index (χ3n) is 2.49. The monoisotopic (exact) mass is 253 g/mol. The van der Waals surface area contributed by atoms with Crippen LogP contribution in [0.2, 0.25) is 0 Å². The summed E-state index contributed by atoms with van der Waals surface area (Å²) in [6.07, 6.45) is 1.26. The topological polar surface area (TPSA) is 64.9 Å². The van der Waals surface area contributed by atoms with E-state index in [-0.39, 0.29) is 17.9 Å². The van der Waals surface area contributed by atoms with Crippen molar-refractivity contribution in [1.82, 2.24) is 10.2 Å². The molecular weight excluding hydrogens is 240 g/mol. The van der Waals surface area contributed by atoms with E-state index in [0.29, 0.717) is 18.9 Å². The molecular formula is C12H13F2N3O. The van der Waals surface area contributed by atoms with Crippen LogP contribution in [0, 0.1) is 11.6 Å². The lowest BCUT2D eigenvalue weighted by Crippen LogP contribution is -2.00. The summed E-state index contributed by atoms with van der Waals surface area (Å²) in [6, 6.07) is 3.71. The highest BCUT2D eigenvalue weighted by Gasteiger charge is 2.13. The molecule has 0 aliphatic carbocycles. The number of nitrogens with two attached hydrogens (primary N) is 1. The highest BCUT2D eigenvalue weighted by molar-refractivity contribution is 5.22. The summed E-state index contributed by atoms with van der Waals surface area (Å²) in [4.78, 5) is 0. The van der Waals surface area contributed by atoms with Crippen molar-refractivity contribution >= 4 is 0 Å². The summed E-state index contributed by atoms with van der Waals surface area (Å²) in [6.45, 7) is 0.527. The first-order valence-electron chi connectivity index (χ1n) is 5.65. The number of nitrogens with zero attached hydrogens (tertiary/aromatic N) is 2. The number of aromatic nitrogens is 2. The van der Waals surface area contributed by atoms with Gasteiger partial charge in [-0.1, -0.05) is 6.07 Å². The minimum Gasteiger partial charge on any atom is -0.425 e. The van der Waals surface area contributed by atoms with Gasteiger partial charge >= 0.3 is 0 Å². The first kappa shape index (κ1) is 12.6. The van der Waals surface area contributed by atoms with Crippen LogP contribution in [0.3, 0.4) is 0 Å². The molecule has 96 valence electrons. The highest BCUT2D eigenvalue weighted by atomic mass is 19.1. The van der Waals surface area contributed by atoms with E-state index in [1.165, 1.54) is 18.2 Å². The molecule has 0 fully saturated rings. The molecule has 0 aliphatic rings. The zero-order valence-corrected chi connectivity index (χ0v) is 9.70. The van der Waals surface area contributed by atoms with Crippen molar-refractivity contribution in [3.63, 3.8) is 0 Å². The Morgan fingerprint density at radius 2 is 1.78 bits per heavy atom. The standard InChI is InChI=1S/C12H13F2N3O/c13-9-3-1-4-10(14)8(9)7-12-17-16-11(18-12)5-2-6-15/h1,3-4H,2,5-7,15H2. The summed E-state index contributed by atoms with van der Waals surface area (Å²) in [5, 5.41) is 7.55. The van der Waals surface area contributed by atoms with Crippen molar-refractivity contribution in [2.45, 2.75) is 19.3 Å². The zero-order chi connectivity index (χ0) is 13.0. The van der Waals surface area contributed by atoms with Gasteiger partial charge in [0.05, 0.1) is 6.42 Å². The second-order valence-electron chi connectivity index (χ2n) is 3.86. The highest BCUT2D eigenvalue weighted by Crippen LogP contribution is 2.16. The van der Waals surface area contributed by atoms with E-state index in [2.05, 4.69) is 10.2 Å². The van der Waals surface area contributed by atoms with E-state index < -0.39 is 11.6 Å². The smallest absolute Gasteiger partial charge is 0.221 e. The zero-order valence-electron chi connectivity index (χ0n) is 9.70. The fraction of sp³-hybridized carbons (Fsp3) is 0.333. The largest absolute Gasteiger partial charge is 0.425 e. The molecule has 18 heavy (non-hydrogen) atoms. The molecule has 0 bridgehead atoms. The fourth-order valence-corrected chi connectivity index (χ4v) is 1.57. The maximum absolute atomic E-state index is 13.4. The quantitative estimate of drug-likeness (QED) is 0.882. The Kier molecular flexibility index (Phi) is 3.99. The maximum atomic E-state index is 13.4.